The summed E-state index contributed by atoms with van der Waals surface area (Å²) in [5, 5.41) is 9.37. The van der Waals surface area contributed by atoms with Crippen molar-refractivity contribution in [3.63, 3.8) is 0 Å². The fourth-order valence-corrected chi connectivity index (χ4v) is 2.78. The van der Waals surface area contributed by atoms with Crippen molar-refractivity contribution in [2.45, 2.75) is 32.7 Å². The zero-order valence-electron chi connectivity index (χ0n) is 13.6. The van der Waals surface area contributed by atoms with Gasteiger partial charge in [-0.05, 0) is 50.5 Å². The highest BCUT2D eigenvalue weighted by Gasteiger charge is 2.17. The lowest BCUT2D eigenvalue weighted by atomic mass is 10.0. The molecule has 2 amide bonds. The Balaban J connectivity index is 1.64. The topological polar surface area (TPSA) is 83.3 Å². The van der Waals surface area contributed by atoms with Gasteiger partial charge in [-0.1, -0.05) is 5.16 Å². The van der Waals surface area contributed by atoms with Crippen molar-refractivity contribution in [1.82, 2.24) is 15.5 Å². The van der Waals surface area contributed by atoms with Gasteiger partial charge in [-0.15, -0.1) is 0 Å². The average Bonchev–Trinajstić information content (AvgIpc) is 2.94. The number of hydrogen-bond acceptors (Lipinski definition) is 5. The number of benzene rings is 1. The number of rotatable bonds is 3. The summed E-state index contributed by atoms with van der Waals surface area (Å²) < 4.78 is 5.05. The predicted molar refractivity (Wildman–Crippen MR) is 87.6 cm³/mol. The van der Waals surface area contributed by atoms with Crippen molar-refractivity contribution >= 4 is 17.4 Å². The second-order valence-electron chi connectivity index (χ2n) is 5.87. The van der Waals surface area contributed by atoms with Crippen molar-refractivity contribution in [2.75, 3.05) is 23.8 Å². The van der Waals surface area contributed by atoms with E-state index in [1.54, 1.807) is 13.8 Å². The van der Waals surface area contributed by atoms with Gasteiger partial charge in [0.05, 0.1) is 0 Å². The maximum absolute atomic E-state index is 12.1. The minimum atomic E-state index is -0.347. The largest absolute Gasteiger partial charge is 0.374 e. The summed E-state index contributed by atoms with van der Waals surface area (Å²) in [6.45, 7) is 4.61. The first-order valence-electron chi connectivity index (χ1n) is 7.74. The summed E-state index contributed by atoms with van der Waals surface area (Å²) in [6.07, 6.45) is 2.17. The van der Waals surface area contributed by atoms with Gasteiger partial charge < -0.3 is 20.1 Å². The molecule has 122 valence electrons. The predicted octanol–water partition coefficient (Wildman–Crippen LogP) is 2.64. The van der Waals surface area contributed by atoms with E-state index in [4.69, 9.17) is 4.52 Å². The maximum Gasteiger partial charge on any atom is 0.319 e. The molecule has 1 aromatic heterocycles. The summed E-state index contributed by atoms with van der Waals surface area (Å²) >= 11 is 0. The first-order chi connectivity index (χ1) is 11.0. The van der Waals surface area contributed by atoms with Crippen LogP contribution in [0.25, 0.3) is 0 Å². The Morgan fingerprint density at radius 3 is 3.00 bits per heavy atom. The van der Waals surface area contributed by atoms with Gasteiger partial charge in [0.2, 0.25) is 5.89 Å². The van der Waals surface area contributed by atoms with Crippen molar-refractivity contribution in [1.29, 1.82) is 0 Å². The molecule has 0 fully saturated rings. The van der Waals surface area contributed by atoms with Crippen LogP contribution in [0.3, 0.4) is 0 Å². The molecule has 23 heavy (non-hydrogen) atoms. The molecule has 0 aliphatic carbocycles. The van der Waals surface area contributed by atoms with Crippen LogP contribution >= 0.6 is 0 Å². The minimum absolute atomic E-state index is 0.294. The number of anilines is 2. The van der Waals surface area contributed by atoms with E-state index in [9.17, 15) is 4.79 Å². The molecular formula is C16H21N5O2. The molecule has 3 rings (SSSR count). The van der Waals surface area contributed by atoms with Gasteiger partial charge in [-0.3, -0.25) is 0 Å². The molecule has 7 nitrogen and oxygen atoms in total. The molecule has 0 bridgehead atoms. The molecule has 2 N–H and O–H groups in total. The molecule has 7 heteroatoms. The number of urea groups is 1. The van der Waals surface area contributed by atoms with E-state index in [0.717, 1.165) is 25.1 Å². The lowest BCUT2D eigenvalue weighted by Crippen LogP contribution is -2.31. The second-order valence-corrected chi connectivity index (χ2v) is 5.87. The number of amides is 2. The number of nitrogens with zero attached hydrogens (tertiary/aromatic N) is 3. The number of fused-ring (bicyclic) bond motifs is 1. The van der Waals surface area contributed by atoms with Crippen LogP contribution in [0.2, 0.25) is 0 Å². The highest BCUT2D eigenvalue weighted by molar-refractivity contribution is 5.90. The number of nitrogens with one attached hydrogen (secondary N) is 2. The Kier molecular flexibility index (Phi) is 4.18. The van der Waals surface area contributed by atoms with Crippen LogP contribution in [0.4, 0.5) is 16.2 Å². The zero-order valence-corrected chi connectivity index (χ0v) is 13.6. The van der Waals surface area contributed by atoms with Gasteiger partial charge in [-0.25, -0.2) is 4.79 Å². The van der Waals surface area contributed by atoms with E-state index in [1.807, 2.05) is 12.1 Å². The Labute approximate surface area is 135 Å². The Hall–Kier alpha value is -2.57. The first-order valence-corrected chi connectivity index (χ1v) is 7.74. The summed E-state index contributed by atoms with van der Waals surface area (Å²) in [5.41, 5.74) is 3.28. The quantitative estimate of drug-likeness (QED) is 0.910. The molecule has 1 aromatic carbocycles. The molecule has 1 unspecified atom stereocenters. The molecule has 2 heterocycles. The van der Waals surface area contributed by atoms with E-state index < -0.39 is 0 Å². The van der Waals surface area contributed by atoms with E-state index in [1.165, 1.54) is 11.3 Å². The normalized spacial score (nSPS) is 15.0. The van der Waals surface area contributed by atoms with Crippen LogP contribution in [0.5, 0.6) is 0 Å². The second kappa shape index (κ2) is 6.28. The third-order valence-electron chi connectivity index (χ3n) is 3.95. The monoisotopic (exact) mass is 315 g/mol. The van der Waals surface area contributed by atoms with Gasteiger partial charge in [0, 0.05) is 25.0 Å². The van der Waals surface area contributed by atoms with Gasteiger partial charge in [-0.2, -0.15) is 4.98 Å². The Bertz CT molecular complexity index is 712. The van der Waals surface area contributed by atoms with Gasteiger partial charge in [0.1, 0.15) is 6.04 Å². The molecule has 0 spiro atoms. The van der Waals surface area contributed by atoms with Gasteiger partial charge in [0.25, 0.3) is 0 Å². The first kappa shape index (κ1) is 15.3. The number of carbonyl (C=O) groups excluding carboxylic acids is 1. The third kappa shape index (κ3) is 3.44. The number of hydrogen-bond donors (Lipinski definition) is 2. The molecule has 1 aliphatic heterocycles. The summed E-state index contributed by atoms with van der Waals surface area (Å²) in [4.78, 5) is 18.5. The molecule has 1 atom stereocenters. The zero-order chi connectivity index (χ0) is 16.4. The number of carbonyl (C=O) groups is 1. The molecule has 0 saturated carbocycles. The third-order valence-corrected chi connectivity index (χ3v) is 3.95. The summed E-state index contributed by atoms with van der Waals surface area (Å²) in [7, 11) is 2.09. The smallest absolute Gasteiger partial charge is 0.319 e. The molecular weight excluding hydrogens is 294 g/mol. The lowest BCUT2D eigenvalue weighted by molar-refractivity contribution is 0.245. The fraction of sp³-hybridized carbons (Fsp3) is 0.438. The van der Waals surface area contributed by atoms with Crippen molar-refractivity contribution in [2.24, 2.45) is 0 Å². The summed E-state index contributed by atoms with van der Waals surface area (Å²) in [6, 6.07) is 5.36. The van der Waals surface area contributed by atoms with E-state index in [0.29, 0.717) is 11.7 Å². The van der Waals surface area contributed by atoms with Crippen molar-refractivity contribution < 1.29 is 9.32 Å². The average molecular weight is 315 g/mol. The standard InChI is InChI=1S/C16H21N5O2/c1-10(15-18-11(2)20-23-15)17-16(22)19-13-6-7-14-12(9-13)5-4-8-21(14)3/h6-7,9-10H,4-5,8H2,1-3H3,(H2,17,19,22). The van der Waals surface area contributed by atoms with Crippen LogP contribution in [0, 0.1) is 6.92 Å². The molecule has 1 aliphatic rings. The van der Waals surface area contributed by atoms with E-state index in [2.05, 4.69) is 38.8 Å². The van der Waals surface area contributed by atoms with Crippen LogP contribution in [-0.2, 0) is 6.42 Å². The maximum atomic E-state index is 12.1. The summed E-state index contributed by atoms with van der Waals surface area (Å²) in [5.74, 6) is 0.942. The minimum Gasteiger partial charge on any atom is -0.374 e. The van der Waals surface area contributed by atoms with Crippen LogP contribution in [0.15, 0.2) is 22.7 Å². The van der Waals surface area contributed by atoms with Crippen molar-refractivity contribution in [3.05, 3.63) is 35.5 Å². The number of aryl methyl sites for hydroxylation is 2. The Morgan fingerprint density at radius 2 is 2.26 bits per heavy atom. The van der Waals surface area contributed by atoms with Crippen LogP contribution in [0.1, 0.15) is 36.7 Å². The van der Waals surface area contributed by atoms with Crippen LogP contribution < -0.4 is 15.5 Å². The molecule has 2 aromatic rings. The highest BCUT2D eigenvalue weighted by Crippen LogP contribution is 2.28. The number of aromatic nitrogens is 2. The Morgan fingerprint density at radius 1 is 1.43 bits per heavy atom. The van der Waals surface area contributed by atoms with E-state index >= 15 is 0 Å². The van der Waals surface area contributed by atoms with E-state index in [-0.39, 0.29) is 12.1 Å². The fourth-order valence-electron chi connectivity index (χ4n) is 2.78. The molecule has 0 saturated heterocycles. The van der Waals surface area contributed by atoms with Crippen molar-refractivity contribution in [3.8, 4) is 0 Å². The van der Waals surface area contributed by atoms with Gasteiger partial charge in [0.15, 0.2) is 5.82 Å². The van der Waals surface area contributed by atoms with Gasteiger partial charge >= 0.3 is 6.03 Å². The SMILES string of the molecule is Cc1noc(C(C)NC(=O)Nc2ccc3c(c2)CCCN3C)n1. The highest BCUT2D eigenvalue weighted by atomic mass is 16.5. The lowest BCUT2D eigenvalue weighted by Gasteiger charge is -2.27. The molecule has 0 radical (unpaired) electrons. The van der Waals surface area contributed by atoms with Crippen LogP contribution in [-0.4, -0.2) is 29.8 Å².